The first-order chi connectivity index (χ1) is 22.1. The average Bonchev–Trinajstić information content (AvgIpc) is 3.62. The fourth-order valence-electron chi connectivity index (χ4n) is 5.38. The molecule has 1 fully saturated rings. The molecule has 1 saturated heterocycles. The molecule has 0 aliphatic carbocycles. The third kappa shape index (κ3) is 6.26. The Morgan fingerprint density at radius 2 is 1.83 bits per heavy atom. The van der Waals surface area contributed by atoms with Gasteiger partial charge in [-0.25, -0.2) is 5.48 Å². The monoisotopic (exact) mass is 649 g/mol. The quantitative estimate of drug-likeness (QED) is 0.0451. The predicted molar refractivity (Wildman–Crippen MR) is 148 cm³/mol. The zero-order valence-corrected chi connectivity index (χ0v) is 24.1. The zero-order valence-electron chi connectivity index (χ0n) is 24.1. The van der Waals surface area contributed by atoms with Crippen LogP contribution >= 0.6 is 0 Å². The third-order valence-electron chi connectivity index (χ3n) is 7.60. The lowest BCUT2D eigenvalue weighted by Crippen LogP contribution is -2.62. The Hall–Kier alpha value is -4.59. The van der Waals surface area contributed by atoms with Gasteiger partial charge in [-0.15, -0.1) is 0 Å². The van der Waals surface area contributed by atoms with E-state index >= 15 is 0 Å². The number of ether oxygens (including phenoxy) is 6. The molecule has 2 aromatic carbocycles. The van der Waals surface area contributed by atoms with E-state index in [-0.39, 0.29) is 24.2 Å². The largest absolute Gasteiger partial charge is 0.492 e. The van der Waals surface area contributed by atoms with Gasteiger partial charge < -0.3 is 59.5 Å². The Morgan fingerprint density at radius 1 is 1.04 bits per heavy atom. The van der Waals surface area contributed by atoms with E-state index in [1.54, 1.807) is 24.3 Å². The molecule has 4 aliphatic heterocycles. The number of rotatable bonds is 10. The molecule has 0 amide bonds. The predicted octanol–water partition coefficient (Wildman–Crippen LogP) is -1.00. The molecule has 18 heteroatoms. The van der Waals surface area contributed by atoms with Crippen LogP contribution in [-0.2, 0) is 28.8 Å². The van der Waals surface area contributed by atoms with E-state index in [0.29, 0.717) is 35.2 Å². The number of hydrogen-bond donors (Lipinski definition) is 6. The molecule has 0 radical (unpaired) electrons. The molecule has 4 heterocycles. The van der Waals surface area contributed by atoms with Crippen LogP contribution < -0.4 is 35.0 Å². The molecule has 46 heavy (non-hydrogen) atoms. The van der Waals surface area contributed by atoms with Crippen LogP contribution in [0.15, 0.2) is 35.3 Å². The van der Waals surface area contributed by atoms with Crippen molar-refractivity contribution in [2.45, 2.75) is 55.4 Å². The van der Waals surface area contributed by atoms with E-state index in [2.05, 4.69) is 10.5 Å². The van der Waals surface area contributed by atoms with E-state index in [4.69, 9.17) is 53.9 Å². The van der Waals surface area contributed by atoms with Gasteiger partial charge in [-0.2, -0.15) is 4.89 Å². The van der Waals surface area contributed by atoms with Gasteiger partial charge >= 0.3 is 11.9 Å². The fraction of sp³-hybridized carbons (Fsp3) is 0.464. The topological polar surface area (TPSA) is 249 Å². The van der Waals surface area contributed by atoms with Crippen molar-refractivity contribution >= 4 is 17.9 Å². The van der Waals surface area contributed by atoms with Crippen molar-refractivity contribution in [3.05, 3.63) is 41.5 Å². The molecule has 2 aromatic rings. The number of fused-ring (bicyclic) bond motifs is 6. The lowest BCUT2D eigenvalue weighted by atomic mass is 9.89. The number of carbonyl (C=O) groups is 2. The van der Waals surface area contributed by atoms with Crippen molar-refractivity contribution in [3.8, 4) is 28.7 Å². The molecular formula is C28H31N3O15. The molecule has 4 aliphatic rings. The first-order valence-electron chi connectivity index (χ1n) is 14.1. The van der Waals surface area contributed by atoms with E-state index in [0.717, 1.165) is 5.56 Å². The number of nitrogens with zero attached hydrogens (tertiary/aromatic N) is 1. The second kappa shape index (κ2) is 13.0. The number of nitrogens with two attached hydrogens (primary N) is 1. The van der Waals surface area contributed by atoms with Gasteiger partial charge in [0.1, 0.15) is 55.5 Å². The number of carboxylic acids is 1. The number of benzene rings is 2. The van der Waals surface area contributed by atoms with Crippen molar-refractivity contribution in [2.24, 2.45) is 10.7 Å². The van der Waals surface area contributed by atoms with Crippen LogP contribution in [0.5, 0.6) is 28.7 Å². The number of carboxylic acid groups (broad SMARTS) is 1. The summed E-state index contributed by atoms with van der Waals surface area (Å²) in [4.78, 5) is 42.6. The van der Waals surface area contributed by atoms with Crippen molar-refractivity contribution in [3.63, 3.8) is 0 Å². The smallest absolute Gasteiger partial charge is 0.317 e. The van der Waals surface area contributed by atoms with Gasteiger partial charge in [0, 0.05) is 24.2 Å². The number of aliphatic hydroxyl groups is 3. The Morgan fingerprint density at radius 3 is 2.57 bits per heavy atom. The number of esters is 1. The SMILES string of the molecule is CN=C(N)NO[C@H]1[C@H](O)[C@@H](COC(=O)CC(=O)O)O[C@@H](O)[C@@H]1OOc1ccc2c(c1)[C@H]1Oc3cc4c(cc3[C@H]1CO2)O[C@@H](CO)O4. The Bertz CT molecular complexity index is 1500. The van der Waals surface area contributed by atoms with Gasteiger partial charge in [-0.3, -0.25) is 19.4 Å². The molecule has 248 valence electrons. The Balaban J connectivity index is 1.15. The number of aliphatic hydroxyl groups excluding tert-OH is 3. The number of guanidine groups is 1. The lowest BCUT2D eigenvalue weighted by molar-refractivity contribution is -0.372. The van der Waals surface area contributed by atoms with Gasteiger partial charge in [-0.1, -0.05) is 0 Å². The third-order valence-corrected chi connectivity index (χ3v) is 7.60. The highest BCUT2D eigenvalue weighted by molar-refractivity contribution is 5.90. The molecule has 0 spiro atoms. The first-order valence-corrected chi connectivity index (χ1v) is 14.1. The highest BCUT2D eigenvalue weighted by Gasteiger charge is 2.49. The maximum Gasteiger partial charge on any atom is 0.317 e. The number of hydrogen-bond acceptors (Lipinski definition) is 15. The van der Waals surface area contributed by atoms with Crippen LogP contribution in [0.4, 0.5) is 0 Å². The molecule has 0 saturated carbocycles. The maximum atomic E-state index is 11.7. The van der Waals surface area contributed by atoms with Crippen LogP contribution in [0.2, 0.25) is 0 Å². The van der Waals surface area contributed by atoms with E-state index in [1.165, 1.54) is 7.05 Å². The molecule has 7 N–H and O–H groups in total. The van der Waals surface area contributed by atoms with Gasteiger partial charge in [0.05, 0.1) is 12.5 Å². The van der Waals surface area contributed by atoms with Crippen LogP contribution in [0.3, 0.4) is 0 Å². The van der Waals surface area contributed by atoms with Crippen LogP contribution in [-0.4, -0.2) is 102 Å². The minimum absolute atomic E-state index is 0.171. The second-order valence-corrected chi connectivity index (χ2v) is 10.6. The van der Waals surface area contributed by atoms with Gasteiger partial charge in [0.2, 0.25) is 5.96 Å². The van der Waals surface area contributed by atoms with Gasteiger partial charge in [-0.05, 0) is 24.3 Å². The van der Waals surface area contributed by atoms with E-state index < -0.39 is 68.1 Å². The van der Waals surface area contributed by atoms with Crippen LogP contribution in [0.1, 0.15) is 29.6 Å². The summed E-state index contributed by atoms with van der Waals surface area (Å²) in [5.74, 6) is -0.587. The number of hydroxylamine groups is 1. The molecule has 0 bridgehead atoms. The highest BCUT2D eigenvalue weighted by atomic mass is 17.2. The van der Waals surface area contributed by atoms with Crippen LogP contribution in [0.25, 0.3) is 0 Å². The van der Waals surface area contributed by atoms with E-state index in [9.17, 15) is 24.9 Å². The summed E-state index contributed by atoms with van der Waals surface area (Å²) >= 11 is 0. The number of nitrogens with one attached hydrogen (secondary N) is 1. The van der Waals surface area contributed by atoms with Crippen molar-refractivity contribution < 1.29 is 73.0 Å². The normalized spacial score (nSPS) is 29.0. The minimum atomic E-state index is -1.78. The number of aliphatic carboxylic acids is 1. The highest BCUT2D eigenvalue weighted by Crippen LogP contribution is 2.55. The standard InChI is InChI=1S/C28H31N3O15/c1-30-28(29)31-44-25-23(36)19(10-39-21(35)7-20(33)34)43-27(37)26(25)46-45-11-2-3-15-13(4-11)24-14(9-38-15)12-5-17-18(6-16(12)42-24)41-22(8-32)40-17/h2-6,14,19,22-27,32,36-37H,7-10H2,1H3,(H,33,34)(H3,29,30,31)/t14-,19-,22-,23-,24-,25+,26-,27-/m1/s1. The van der Waals surface area contributed by atoms with Crippen molar-refractivity contribution in [1.82, 2.24) is 5.48 Å². The summed E-state index contributed by atoms with van der Waals surface area (Å²) < 4.78 is 33.7. The fourth-order valence-corrected chi connectivity index (χ4v) is 5.38. The summed E-state index contributed by atoms with van der Waals surface area (Å²) in [6, 6.07) is 8.37. The average molecular weight is 650 g/mol. The first kappa shape index (κ1) is 31.4. The molecule has 0 aromatic heterocycles. The summed E-state index contributed by atoms with van der Waals surface area (Å²) in [6.45, 7) is -0.573. The van der Waals surface area contributed by atoms with Gasteiger partial charge in [0.25, 0.3) is 6.29 Å². The molecule has 0 unspecified atom stereocenters. The zero-order chi connectivity index (χ0) is 32.5. The van der Waals surface area contributed by atoms with Crippen LogP contribution in [0, 0.1) is 0 Å². The minimum Gasteiger partial charge on any atom is -0.492 e. The summed E-state index contributed by atoms with van der Waals surface area (Å²) in [5.41, 5.74) is 9.43. The van der Waals surface area contributed by atoms with Crippen molar-refractivity contribution in [1.29, 1.82) is 0 Å². The number of aliphatic imine (C=N–C) groups is 1. The summed E-state index contributed by atoms with van der Waals surface area (Å²) in [5, 5.41) is 39.8. The molecule has 8 atom stereocenters. The molecule has 18 nitrogen and oxygen atoms in total. The van der Waals surface area contributed by atoms with E-state index in [1.807, 2.05) is 6.07 Å². The summed E-state index contributed by atoms with van der Waals surface area (Å²) in [6.07, 6.45) is -9.79. The number of carbonyl (C=O) groups excluding carboxylic acids is 1. The Labute approximate surface area is 259 Å². The second-order valence-electron chi connectivity index (χ2n) is 10.6. The molecule has 6 rings (SSSR count). The van der Waals surface area contributed by atoms with Crippen molar-refractivity contribution in [2.75, 3.05) is 26.9 Å². The maximum absolute atomic E-state index is 11.7. The van der Waals surface area contributed by atoms with Gasteiger partial charge in [0.15, 0.2) is 29.6 Å². The lowest BCUT2D eigenvalue weighted by Gasteiger charge is -2.40. The summed E-state index contributed by atoms with van der Waals surface area (Å²) in [7, 11) is 1.38. The molecular weight excluding hydrogens is 618 g/mol. The Kier molecular flexibility index (Phi) is 8.89.